The van der Waals surface area contributed by atoms with Crippen LogP contribution in [0.4, 0.5) is 0 Å². The van der Waals surface area contributed by atoms with Crippen molar-refractivity contribution in [1.29, 1.82) is 0 Å². The predicted molar refractivity (Wildman–Crippen MR) is 151 cm³/mol. The normalized spacial score (nSPS) is 23.9. The monoisotopic (exact) mass is 555 g/mol. The van der Waals surface area contributed by atoms with Gasteiger partial charge in [0, 0.05) is 32.3 Å². The van der Waals surface area contributed by atoms with Gasteiger partial charge in [-0.3, -0.25) is 4.79 Å². The Kier molecular flexibility index (Phi) is 16.6. The fraction of sp³-hybridized carbons (Fsp3) is 0.931. The Labute approximate surface area is 224 Å². The Hall–Kier alpha value is 0.824. The van der Waals surface area contributed by atoms with Crippen molar-refractivity contribution >= 4 is 21.8 Å². The van der Waals surface area contributed by atoms with Crippen LogP contribution in [0.15, 0.2) is 0 Å². The molecule has 0 saturated heterocycles. The minimum absolute atomic E-state index is 0. The van der Waals surface area contributed by atoms with Crippen molar-refractivity contribution in [3.8, 4) is 0 Å². The first-order chi connectivity index (χ1) is 16.2. The quantitative estimate of drug-likeness (QED) is 0.184. The molecule has 4 saturated carbocycles. The molecule has 0 unspecified atom stereocenters. The number of carbonyl (C=O) groups is 1. The van der Waals surface area contributed by atoms with Gasteiger partial charge < -0.3 is 12.0 Å². The first kappa shape index (κ1) is 31.0. The summed E-state index contributed by atoms with van der Waals surface area (Å²) in [4.78, 5) is 9.31. The van der Waals surface area contributed by atoms with E-state index < -0.39 is 5.97 Å². The second-order valence-corrected chi connectivity index (χ2v) is 18.2. The van der Waals surface area contributed by atoms with Gasteiger partial charge >= 0.3 is 0 Å². The van der Waals surface area contributed by atoms with Crippen molar-refractivity contribution in [2.75, 3.05) is 12.3 Å². The molecule has 0 aromatic carbocycles. The third kappa shape index (κ3) is 10.7. The molecule has 0 aliphatic heterocycles. The molecule has 0 atom stereocenters. The van der Waals surface area contributed by atoms with Crippen molar-refractivity contribution in [3.63, 3.8) is 0 Å². The smallest absolute Gasteiger partial charge is 0.272 e. The maximum Gasteiger partial charge on any atom is 0.272 e. The molecule has 4 aliphatic rings. The van der Waals surface area contributed by atoms with Crippen LogP contribution in [0.1, 0.15) is 135 Å². The number of rotatable bonds is 8. The zero-order valence-corrected chi connectivity index (χ0v) is 24.9. The van der Waals surface area contributed by atoms with E-state index in [9.17, 15) is 4.79 Å². The minimum atomic E-state index is -0.856. The maximum absolute atomic E-state index is 9.31. The second-order valence-electron chi connectivity index (χ2n) is 11.6. The molecule has 34 heavy (non-hydrogen) atoms. The Balaban J connectivity index is 0.000000619. The third-order valence-electron chi connectivity index (χ3n) is 9.43. The molecule has 4 rings (SSSR count). The van der Waals surface area contributed by atoms with Crippen molar-refractivity contribution in [1.82, 2.24) is 0 Å². The van der Waals surface area contributed by atoms with Crippen molar-refractivity contribution in [2.24, 2.45) is 0 Å². The SMILES string of the molecule is C1CCC([PH+](CC[PH+](C2CCCCC2)C2CCCCC2)C2CCCCC2)CC1.[CH2-]CC(=O)O.[Ni]. The van der Waals surface area contributed by atoms with E-state index in [0.717, 1.165) is 0 Å². The van der Waals surface area contributed by atoms with Crippen LogP contribution in [0.2, 0.25) is 0 Å². The average molecular weight is 556 g/mol. The van der Waals surface area contributed by atoms with Crippen LogP contribution in [0.25, 0.3) is 0 Å². The van der Waals surface area contributed by atoms with Crippen molar-refractivity contribution in [3.05, 3.63) is 6.92 Å². The Bertz CT molecular complexity index is 446. The van der Waals surface area contributed by atoms with Gasteiger partial charge in [-0.25, -0.2) is 0 Å². The Morgan fingerprint density at radius 3 is 0.941 bits per heavy atom. The van der Waals surface area contributed by atoms with Crippen LogP contribution < -0.4 is 0 Å². The van der Waals surface area contributed by atoms with E-state index in [1.165, 1.54) is 22.6 Å². The van der Waals surface area contributed by atoms with Crippen molar-refractivity contribution < 1.29 is 26.4 Å². The van der Waals surface area contributed by atoms with E-state index in [4.69, 9.17) is 5.11 Å². The number of hydrogen-bond donors (Lipinski definition) is 1. The van der Waals surface area contributed by atoms with E-state index in [2.05, 4.69) is 6.92 Å². The summed E-state index contributed by atoms with van der Waals surface area (Å²) in [6, 6.07) is 0. The molecule has 0 spiro atoms. The molecular weight excluding hydrogens is 501 g/mol. The van der Waals surface area contributed by atoms with Gasteiger partial charge in [-0.2, -0.15) is 0 Å². The van der Waals surface area contributed by atoms with E-state index in [1.54, 1.807) is 141 Å². The second kappa shape index (κ2) is 18.1. The Morgan fingerprint density at radius 1 is 0.559 bits per heavy atom. The molecule has 5 heteroatoms. The predicted octanol–water partition coefficient (Wildman–Crippen LogP) is 9.04. The number of hydrogen-bond acceptors (Lipinski definition) is 1. The summed E-state index contributed by atoms with van der Waals surface area (Å²) in [6.45, 7) is 3.09. The van der Waals surface area contributed by atoms with E-state index in [0.29, 0.717) is 0 Å². The third-order valence-corrected chi connectivity index (χ3v) is 18.1. The van der Waals surface area contributed by atoms with E-state index in [1.807, 2.05) is 0 Å². The van der Waals surface area contributed by atoms with Crippen LogP contribution in [-0.2, 0) is 21.3 Å². The van der Waals surface area contributed by atoms with Gasteiger partial charge in [0.2, 0.25) is 0 Å². The first-order valence-corrected chi connectivity index (χ1v) is 18.6. The summed E-state index contributed by atoms with van der Waals surface area (Å²) in [7, 11) is -0.182. The standard InChI is InChI=1S/C26H48P2.C3H5O2.Ni/c1-5-13-23(14-6-1)27(24-15-7-2-8-16-24)21-22-28(25-17-9-3-10-18-25)26-19-11-4-12-20-26;1-2-3(4)5;/h23-26H,1-22H2;1-2H2,(H,4,5);/q;-1;/p+2. The van der Waals surface area contributed by atoms with Crippen LogP contribution in [0, 0.1) is 6.92 Å². The molecule has 0 aromatic rings. The van der Waals surface area contributed by atoms with Gasteiger partial charge in [-0.1, -0.05) is 32.1 Å². The summed E-state index contributed by atoms with van der Waals surface area (Å²) < 4.78 is 0. The van der Waals surface area contributed by atoms with Crippen LogP contribution in [-0.4, -0.2) is 46.0 Å². The molecule has 0 radical (unpaired) electrons. The Morgan fingerprint density at radius 2 is 0.765 bits per heavy atom. The fourth-order valence-corrected chi connectivity index (χ4v) is 17.5. The molecule has 0 heterocycles. The topological polar surface area (TPSA) is 37.3 Å². The van der Waals surface area contributed by atoms with Crippen LogP contribution in [0.5, 0.6) is 0 Å². The molecule has 0 aromatic heterocycles. The van der Waals surface area contributed by atoms with Gasteiger partial charge in [0.25, 0.3) is 5.97 Å². The molecule has 2 nitrogen and oxygen atoms in total. The van der Waals surface area contributed by atoms with Gasteiger partial charge in [0.05, 0.1) is 35.0 Å². The summed E-state index contributed by atoms with van der Waals surface area (Å²) in [6.07, 6.45) is 35.4. The summed E-state index contributed by atoms with van der Waals surface area (Å²) >= 11 is 0. The number of carboxylic acids is 1. The number of carboxylic acid groups (broad SMARTS) is 1. The van der Waals surface area contributed by atoms with Crippen LogP contribution >= 0.6 is 15.8 Å². The van der Waals surface area contributed by atoms with Gasteiger partial charge in [-0.15, -0.1) is 0 Å². The summed E-state index contributed by atoms with van der Waals surface area (Å²) in [5.41, 5.74) is 4.90. The summed E-state index contributed by atoms with van der Waals surface area (Å²) in [5.74, 6) is -0.856. The molecule has 4 aliphatic carbocycles. The zero-order chi connectivity index (χ0) is 23.3. The number of aliphatic carboxylic acids is 1. The van der Waals surface area contributed by atoms with Gasteiger partial charge in [0.1, 0.15) is 0 Å². The van der Waals surface area contributed by atoms with Crippen molar-refractivity contribution in [2.45, 2.75) is 157 Å². The average Bonchev–Trinajstić information content (AvgIpc) is 2.89. The van der Waals surface area contributed by atoms with Gasteiger partial charge in [0.15, 0.2) is 0 Å². The van der Waals surface area contributed by atoms with E-state index in [-0.39, 0.29) is 38.8 Å². The maximum atomic E-state index is 9.31. The zero-order valence-electron chi connectivity index (χ0n) is 22.0. The minimum Gasteiger partial charge on any atom is -0.483 e. The summed E-state index contributed by atoms with van der Waals surface area (Å²) in [5, 5.41) is 7.66. The largest absolute Gasteiger partial charge is 0.483 e. The first-order valence-electron chi connectivity index (χ1n) is 14.9. The van der Waals surface area contributed by atoms with E-state index >= 15 is 0 Å². The molecule has 0 bridgehead atoms. The molecule has 1 N–H and O–H groups in total. The molecule has 0 amide bonds. The van der Waals surface area contributed by atoms with Crippen LogP contribution in [0.3, 0.4) is 0 Å². The molecule has 4 fully saturated rings. The fourth-order valence-electron chi connectivity index (χ4n) is 7.67. The molecular formula is C29H55NiO2P2+. The molecule has 202 valence electrons. The van der Waals surface area contributed by atoms with Gasteiger partial charge in [-0.05, 0) is 103 Å².